The predicted molar refractivity (Wildman–Crippen MR) is 83.1 cm³/mol. The monoisotopic (exact) mass is 328 g/mol. The van der Waals surface area contributed by atoms with Crippen LogP contribution < -0.4 is 10.0 Å². The van der Waals surface area contributed by atoms with Crippen LogP contribution in [-0.4, -0.2) is 37.7 Å². The van der Waals surface area contributed by atoms with E-state index in [1.807, 2.05) is 6.92 Å². The van der Waals surface area contributed by atoms with Gasteiger partial charge in [-0.2, -0.15) is 0 Å². The summed E-state index contributed by atoms with van der Waals surface area (Å²) in [6.45, 7) is 1.84. The minimum absolute atomic E-state index is 0.0211. The molecule has 3 N–H and O–H groups in total. The van der Waals surface area contributed by atoms with Crippen LogP contribution in [0.5, 0.6) is 0 Å². The normalized spacial score (nSPS) is 12.5. The van der Waals surface area contributed by atoms with Crippen molar-refractivity contribution in [3.05, 3.63) is 29.8 Å². The Morgan fingerprint density at radius 3 is 2.55 bits per heavy atom. The third-order valence-electron chi connectivity index (χ3n) is 2.81. The van der Waals surface area contributed by atoms with Crippen LogP contribution in [-0.2, 0) is 26.0 Å². The van der Waals surface area contributed by atoms with Crippen molar-refractivity contribution < 1.29 is 23.1 Å². The highest BCUT2D eigenvalue weighted by Crippen LogP contribution is 2.12. The molecule has 0 saturated heterocycles. The van der Waals surface area contributed by atoms with E-state index in [4.69, 9.17) is 5.11 Å². The van der Waals surface area contributed by atoms with Crippen LogP contribution in [0.2, 0.25) is 0 Å². The van der Waals surface area contributed by atoms with E-state index in [1.165, 1.54) is 6.07 Å². The van der Waals surface area contributed by atoms with Crippen molar-refractivity contribution in [1.29, 1.82) is 0 Å². The van der Waals surface area contributed by atoms with Crippen LogP contribution in [0.3, 0.4) is 0 Å². The summed E-state index contributed by atoms with van der Waals surface area (Å²) in [5.41, 5.74) is 0.947. The van der Waals surface area contributed by atoms with Gasteiger partial charge in [-0.3, -0.25) is 9.52 Å². The Labute approximate surface area is 129 Å². The van der Waals surface area contributed by atoms with Crippen molar-refractivity contribution in [2.75, 3.05) is 11.0 Å². The van der Waals surface area contributed by atoms with Crippen LogP contribution >= 0.6 is 0 Å². The second-order valence-corrected chi connectivity index (χ2v) is 6.75. The molecule has 0 fully saturated rings. The molecule has 0 heterocycles. The molecular weight excluding hydrogens is 308 g/mol. The number of carbonyl (C=O) groups excluding carboxylic acids is 1. The van der Waals surface area contributed by atoms with Gasteiger partial charge < -0.3 is 10.4 Å². The zero-order valence-corrected chi connectivity index (χ0v) is 13.3. The fourth-order valence-corrected chi connectivity index (χ4v) is 2.49. The first-order valence-electron chi connectivity index (χ1n) is 6.80. The smallest absolute Gasteiger partial charge is 0.326 e. The van der Waals surface area contributed by atoms with E-state index in [0.29, 0.717) is 24.1 Å². The molecule has 0 saturated carbocycles. The van der Waals surface area contributed by atoms with Crippen molar-refractivity contribution in [1.82, 2.24) is 5.32 Å². The van der Waals surface area contributed by atoms with Crippen molar-refractivity contribution in [2.24, 2.45) is 0 Å². The van der Waals surface area contributed by atoms with Crippen molar-refractivity contribution >= 4 is 27.6 Å². The number of amides is 1. The topological polar surface area (TPSA) is 113 Å². The Hall–Kier alpha value is -2.09. The first kappa shape index (κ1) is 18.0. The molecular formula is C14H20N2O5S. The average molecular weight is 328 g/mol. The third-order valence-corrected chi connectivity index (χ3v) is 3.41. The van der Waals surface area contributed by atoms with Crippen LogP contribution in [0.15, 0.2) is 24.3 Å². The number of hydrogen-bond donors (Lipinski definition) is 3. The summed E-state index contributed by atoms with van der Waals surface area (Å²) in [4.78, 5) is 22.9. The number of carbonyl (C=O) groups is 2. The Bertz CT molecular complexity index is 642. The predicted octanol–water partition coefficient (Wildman–Crippen LogP) is 0.970. The van der Waals surface area contributed by atoms with Crippen LogP contribution in [0, 0.1) is 0 Å². The summed E-state index contributed by atoms with van der Waals surface area (Å²) in [5.74, 6) is -1.49. The van der Waals surface area contributed by atoms with Gasteiger partial charge in [-0.1, -0.05) is 25.5 Å². The summed E-state index contributed by atoms with van der Waals surface area (Å²) in [5, 5.41) is 11.5. The van der Waals surface area contributed by atoms with Gasteiger partial charge in [0.15, 0.2) is 0 Å². The van der Waals surface area contributed by atoms with E-state index in [9.17, 15) is 18.0 Å². The SMILES string of the molecule is CCCC(NC(=O)Cc1cccc(NS(C)(=O)=O)c1)C(=O)O. The Morgan fingerprint density at radius 1 is 1.32 bits per heavy atom. The molecule has 22 heavy (non-hydrogen) atoms. The van der Waals surface area contributed by atoms with Gasteiger partial charge in [-0.05, 0) is 24.1 Å². The van der Waals surface area contributed by atoms with Gasteiger partial charge in [-0.25, -0.2) is 13.2 Å². The van der Waals surface area contributed by atoms with Crippen molar-refractivity contribution in [2.45, 2.75) is 32.2 Å². The Balaban J connectivity index is 2.72. The maximum Gasteiger partial charge on any atom is 0.326 e. The fraction of sp³-hybridized carbons (Fsp3) is 0.429. The molecule has 0 aromatic heterocycles. The highest BCUT2D eigenvalue weighted by Gasteiger charge is 2.18. The molecule has 0 aliphatic carbocycles. The molecule has 0 aliphatic heterocycles. The Morgan fingerprint density at radius 2 is 2.00 bits per heavy atom. The summed E-state index contributed by atoms with van der Waals surface area (Å²) < 4.78 is 24.7. The van der Waals surface area contributed by atoms with Gasteiger partial charge in [0.1, 0.15) is 6.04 Å². The number of benzene rings is 1. The lowest BCUT2D eigenvalue weighted by atomic mass is 10.1. The molecule has 7 nitrogen and oxygen atoms in total. The molecule has 1 aromatic rings. The molecule has 1 aromatic carbocycles. The third kappa shape index (κ3) is 6.57. The number of anilines is 1. The minimum atomic E-state index is -3.39. The average Bonchev–Trinajstić information content (AvgIpc) is 2.36. The zero-order valence-electron chi connectivity index (χ0n) is 12.5. The van der Waals surface area contributed by atoms with E-state index < -0.39 is 27.9 Å². The van der Waals surface area contributed by atoms with Gasteiger partial charge in [0, 0.05) is 5.69 Å². The van der Waals surface area contributed by atoms with Crippen LogP contribution in [0.4, 0.5) is 5.69 Å². The molecule has 122 valence electrons. The first-order valence-corrected chi connectivity index (χ1v) is 8.69. The highest BCUT2D eigenvalue weighted by molar-refractivity contribution is 7.92. The molecule has 0 bridgehead atoms. The summed E-state index contributed by atoms with van der Waals surface area (Å²) in [6.07, 6.45) is 2.02. The number of hydrogen-bond acceptors (Lipinski definition) is 4. The molecule has 1 rings (SSSR count). The minimum Gasteiger partial charge on any atom is -0.480 e. The number of aliphatic carboxylic acids is 1. The number of carboxylic acid groups (broad SMARTS) is 1. The first-order chi connectivity index (χ1) is 10.2. The summed E-state index contributed by atoms with van der Waals surface area (Å²) in [7, 11) is -3.39. The van der Waals surface area contributed by atoms with E-state index in [1.54, 1.807) is 18.2 Å². The van der Waals surface area contributed by atoms with Gasteiger partial charge in [-0.15, -0.1) is 0 Å². The quantitative estimate of drug-likeness (QED) is 0.658. The van der Waals surface area contributed by atoms with E-state index in [0.717, 1.165) is 6.26 Å². The zero-order chi connectivity index (χ0) is 16.8. The number of rotatable bonds is 8. The lowest BCUT2D eigenvalue weighted by molar-refractivity contribution is -0.141. The summed E-state index contributed by atoms with van der Waals surface area (Å²) in [6, 6.07) is 5.49. The van der Waals surface area contributed by atoms with Crippen LogP contribution in [0.1, 0.15) is 25.3 Å². The Kier molecular flexibility index (Phi) is 6.36. The second-order valence-electron chi connectivity index (χ2n) is 5.00. The molecule has 0 spiro atoms. The van der Waals surface area contributed by atoms with Crippen molar-refractivity contribution in [3.8, 4) is 0 Å². The van der Waals surface area contributed by atoms with Crippen LogP contribution in [0.25, 0.3) is 0 Å². The van der Waals surface area contributed by atoms with Gasteiger partial charge in [0.25, 0.3) is 0 Å². The molecule has 1 unspecified atom stereocenters. The molecule has 8 heteroatoms. The van der Waals surface area contributed by atoms with Gasteiger partial charge in [0.2, 0.25) is 15.9 Å². The maximum absolute atomic E-state index is 11.9. The molecule has 1 atom stereocenters. The number of sulfonamides is 1. The van der Waals surface area contributed by atoms with Gasteiger partial charge >= 0.3 is 5.97 Å². The second kappa shape index (κ2) is 7.79. The molecule has 1 amide bonds. The van der Waals surface area contributed by atoms with Gasteiger partial charge in [0.05, 0.1) is 12.7 Å². The van der Waals surface area contributed by atoms with E-state index >= 15 is 0 Å². The standard InChI is InChI=1S/C14H20N2O5S/c1-3-5-12(14(18)19)15-13(17)9-10-6-4-7-11(8-10)16-22(2,20)21/h4,6-8,12,16H,3,5,9H2,1-2H3,(H,15,17)(H,18,19). The maximum atomic E-state index is 11.9. The number of nitrogens with one attached hydrogen (secondary N) is 2. The summed E-state index contributed by atoms with van der Waals surface area (Å²) >= 11 is 0. The molecule has 0 aliphatic rings. The van der Waals surface area contributed by atoms with Crippen molar-refractivity contribution in [3.63, 3.8) is 0 Å². The highest BCUT2D eigenvalue weighted by atomic mass is 32.2. The largest absolute Gasteiger partial charge is 0.480 e. The van der Waals surface area contributed by atoms with E-state index in [-0.39, 0.29) is 6.42 Å². The van der Waals surface area contributed by atoms with E-state index in [2.05, 4.69) is 10.0 Å². The fourth-order valence-electron chi connectivity index (χ4n) is 1.94. The lowest BCUT2D eigenvalue weighted by Gasteiger charge is -2.13. The molecule has 0 radical (unpaired) electrons. The lowest BCUT2D eigenvalue weighted by Crippen LogP contribution is -2.41. The number of carboxylic acids is 1.